The lowest BCUT2D eigenvalue weighted by atomic mass is 9.76. The Morgan fingerprint density at radius 2 is 0.626 bits per heavy atom. The Kier molecular flexibility index (Phi) is 24.6. The average molecular weight is 1300 g/mol. The molecule has 3 unspecified atom stereocenters. The standard InChI is InChI=1S/C35H36.2C31H36.C2H6/c1-3-8-29(9-4-1)30-20-18-27(19-21-30)24-26-14-16-28(17-15-26)25-32-22-23-34(31-10-5-2-6-11-31)35-13-7-12-33(32)35;2*1-2-7-23-12-16-25(17-13-23)26-18-14-24(15-19-26)22-28-20-21-30(27-8-4-3-5-9-27)31-11-6-10-29(28)31;1-2/h1,3-5,7-17,22-23,27,30,35H,2,6,18-21,24-25H2;2*4,6,8-11,14-15,18-21,23,25,31H,2-3,5,7,12-13,16-17,22H2,1H3;1-2H3. The van der Waals surface area contributed by atoms with Gasteiger partial charge in [-0.25, -0.2) is 0 Å². The molecule has 0 heterocycles. The van der Waals surface area contributed by atoms with Crippen molar-refractivity contribution < 1.29 is 0 Å². The minimum absolute atomic E-state index is 0.425. The molecule has 0 N–H and O–H groups in total. The van der Waals surface area contributed by atoms with Gasteiger partial charge in [0.1, 0.15) is 0 Å². The zero-order valence-corrected chi connectivity index (χ0v) is 60.8. The van der Waals surface area contributed by atoms with Gasteiger partial charge in [0.2, 0.25) is 0 Å². The number of rotatable bonds is 18. The molecule has 3 atom stereocenters. The van der Waals surface area contributed by atoms with Crippen molar-refractivity contribution in [2.75, 3.05) is 0 Å². The first-order valence-corrected chi connectivity index (χ1v) is 39.8. The van der Waals surface area contributed by atoms with Crippen molar-refractivity contribution in [3.8, 4) is 0 Å². The minimum atomic E-state index is 0.425. The summed E-state index contributed by atoms with van der Waals surface area (Å²) in [5, 5.41) is 0. The van der Waals surface area contributed by atoms with Crippen LogP contribution in [-0.4, -0.2) is 0 Å². The molecule has 0 bridgehead atoms. The van der Waals surface area contributed by atoms with Gasteiger partial charge in [0.05, 0.1) is 0 Å². The molecule has 0 radical (unpaired) electrons. The molecule has 16 rings (SSSR count). The highest BCUT2D eigenvalue weighted by atomic mass is 14.4. The molecule has 0 amide bonds. The van der Waals surface area contributed by atoms with Gasteiger partial charge in [0.15, 0.2) is 0 Å². The van der Waals surface area contributed by atoms with E-state index in [0.29, 0.717) is 17.8 Å². The number of hydrogen-bond donors (Lipinski definition) is 0. The van der Waals surface area contributed by atoms with Gasteiger partial charge in [-0.2, -0.15) is 0 Å². The van der Waals surface area contributed by atoms with Crippen LogP contribution in [0.15, 0.2) is 316 Å². The summed E-state index contributed by atoms with van der Waals surface area (Å²) in [6.45, 7) is 8.65. The molecular weight excluding hydrogens is 1190 g/mol. The zero-order chi connectivity index (χ0) is 67.5. The van der Waals surface area contributed by atoms with E-state index in [1.165, 1.54) is 236 Å². The maximum Gasteiger partial charge on any atom is 0.0281 e. The predicted octanol–water partition coefficient (Wildman–Crippen LogP) is 27.1. The Morgan fingerprint density at radius 3 is 0.960 bits per heavy atom. The van der Waals surface area contributed by atoms with E-state index < -0.39 is 0 Å². The Morgan fingerprint density at radius 1 is 0.303 bits per heavy atom. The quantitative estimate of drug-likeness (QED) is 0.0931. The van der Waals surface area contributed by atoms with Crippen molar-refractivity contribution in [1.82, 2.24) is 0 Å². The highest BCUT2D eigenvalue weighted by molar-refractivity contribution is 5.63. The number of fused-ring (bicyclic) bond motifs is 3. The summed E-state index contributed by atoms with van der Waals surface area (Å²) in [6.07, 6.45) is 89.7. The topological polar surface area (TPSA) is 0 Å². The van der Waals surface area contributed by atoms with Gasteiger partial charge in [0.25, 0.3) is 0 Å². The van der Waals surface area contributed by atoms with Crippen LogP contribution in [0.4, 0.5) is 0 Å². The Balaban J connectivity index is 0.000000132. The fourth-order valence-corrected chi connectivity index (χ4v) is 18.5. The van der Waals surface area contributed by atoms with Crippen LogP contribution in [-0.2, 0) is 25.7 Å². The highest BCUT2D eigenvalue weighted by Crippen LogP contribution is 2.46. The van der Waals surface area contributed by atoms with E-state index in [1.807, 2.05) is 13.8 Å². The summed E-state index contributed by atoms with van der Waals surface area (Å²) in [5.74, 6) is 6.43. The van der Waals surface area contributed by atoms with Crippen LogP contribution in [0.2, 0.25) is 0 Å². The van der Waals surface area contributed by atoms with Gasteiger partial charge >= 0.3 is 0 Å². The molecule has 4 aromatic carbocycles. The second kappa shape index (κ2) is 35.0. The molecule has 99 heavy (non-hydrogen) atoms. The van der Waals surface area contributed by atoms with Crippen molar-refractivity contribution in [3.05, 3.63) is 355 Å². The van der Waals surface area contributed by atoms with Gasteiger partial charge in [0, 0.05) is 17.8 Å². The van der Waals surface area contributed by atoms with Crippen LogP contribution >= 0.6 is 0 Å². The lowest BCUT2D eigenvalue weighted by Crippen LogP contribution is -2.15. The van der Waals surface area contributed by atoms with E-state index in [4.69, 9.17) is 0 Å². The summed E-state index contributed by atoms with van der Waals surface area (Å²) in [4.78, 5) is 0. The molecule has 3 saturated carbocycles. The van der Waals surface area contributed by atoms with E-state index in [0.717, 1.165) is 61.2 Å². The maximum atomic E-state index is 2.42. The van der Waals surface area contributed by atoms with Gasteiger partial charge in [-0.05, 0) is 283 Å². The Hall–Kier alpha value is -7.80. The lowest BCUT2D eigenvalue weighted by molar-refractivity contribution is 0.308. The fraction of sp³-hybridized carbons (Fsp3) is 0.394. The molecular formula is C99H114. The average Bonchev–Trinajstić information content (AvgIpc) is 1.72. The molecule has 12 aliphatic rings. The lowest BCUT2D eigenvalue weighted by Gasteiger charge is -2.29. The fourth-order valence-electron chi connectivity index (χ4n) is 18.5. The molecule has 12 aliphatic carbocycles. The molecule has 0 aliphatic heterocycles. The first-order chi connectivity index (χ1) is 49.0. The normalized spacial score (nSPS) is 26.2. The van der Waals surface area contributed by atoms with E-state index >= 15 is 0 Å². The van der Waals surface area contributed by atoms with Crippen LogP contribution in [0, 0.1) is 35.5 Å². The third-order valence-corrected chi connectivity index (χ3v) is 24.1. The molecule has 0 heteroatoms. The second-order valence-corrected chi connectivity index (χ2v) is 30.5. The van der Waals surface area contributed by atoms with Crippen molar-refractivity contribution >= 4 is 0 Å². The van der Waals surface area contributed by atoms with E-state index in [2.05, 4.69) is 263 Å². The minimum Gasteiger partial charge on any atom is -0.0836 e. The van der Waals surface area contributed by atoms with Crippen molar-refractivity contribution in [3.63, 3.8) is 0 Å². The molecule has 0 spiro atoms. The van der Waals surface area contributed by atoms with E-state index in [1.54, 1.807) is 11.1 Å². The molecule has 3 fully saturated rings. The van der Waals surface area contributed by atoms with Crippen LogP contribution < -0.4 is 0 Å². The zero-order valence-electron chi connectivity index (χ0n) is 60.8. The molecule has 510 valence electrons. The Bertz CT molecular complexity index is 3820. The largest absolute Gasteiger partial charge is 0.0836 e. The molecule has 0 saturated heterocycles. The van der Waals surface area contributed by atoms with Crippen LogP contribution in [0.5, 0.6) is 0 Å². The maximum absolute atomic E-state index is 2.42. The van der Waals surface area contributed by atoms with Crippen LogP contribution in [0.25, 0.3) is 0 Å². The van der Waals surface area contributed by atoms with Crippen molar-refractivity contribution in [1.29, 1.82) is 0 Å². The third kappa shape index (κ3) is 17.7. The van der Waals surface area contributed by atoms with Gasteiger partial charge in [-0.3, -0.25) is 0 Å². The Labute approximate surface area is 599 Å². The van der Waals surface area contributed by atoms with Gasteiger partial charge in [-0.15, -0.1) is 0 Å². The van der Waals surface area contributed by atoms with E-state index in [9.17, 15) is 0 Å². The van der Waals surface area contributed by atoms with Gasteiger partial charge in [-0.1, -0.05) is 302 Å². The number of hydrogen-bond acceptors (Lipinski definition) is 0. The van der Waals surface area contributed by atoms with Crippen molar-refractivity contribution in [2.45, 2.75) is 212 Å². The first kappa shape index (κ1) is 69.7. The summed E-state index contributed by atoms with van der Waals surface area (Å²) >= 11 is 0. The smallest absolute Gasteiger partial charge is 0.0281 e. The van der Waals surface area contributed by atoms with Gasteiger partial charge < -0.3 is 0 Å². The number of allylic oxidation sites excluding steroid dienone is 36. The number of benzene rings is 4. The molecule has 0 nitrogen and oxygen atoms in total. The summed E-state index contributed by atoms with van der Waals surface area (Å²) in [6, 6.07) is 39.9. The van der Waals surface area contributed by atoms with Crippen LogP contribution in [0.3, 0.4) is 0 Å². The van der Waals surface area contributed by atoms with Crippen LogP contribution in [0.1, 0.15) is 226 Å². The highest BCUT2D eigenvalue weighted by Gasteiger charge is 2.31. The summed E-state index contributed by atoms with van der Waals surface area (Å²) in [5.41, 5.74) is 28.0. The van der Waals surface area contributed by atoms with E-state index in [-0.39, 0.29) is 0 Å². The SMILES string of the molecule is C1=CC2C(C3=CCCC=C3)=CC=C(Cc3ccc(CC4CCC(c5ccccc5)CC4)cc3)C2=C1.CC.CCCC1CCC(c2ccc(CC3=CC=C(C4=CCCC=C4)C4C=CC=C34)cc2)CC1.CCCC1CCC(c2ccc(CC3=CC=C(C4=CCCC=C4)C4C=CC=C34)cc2)CC1. The third-order valence-electron chi connectivity index (χ3n) is 24.1. The predicted molar refractivity (Wildman–Crippen MR) is 426 cm³/mol. The molecule has 4 aromatic rings. The summed E-state index contributed by atoms with van der Waals surface area (Å²) < 4.78 is 0. The first-order valence-electron chi connectivity index (χ1n) is 39.8. The monoisotopic (exact) mass is 1300 g/mol. The molecule has 0 aromatic heterocycles. The van der Waals surface area contributed by atoms with Crippen molar-refractivity contribution in [2.24, 2.45) is 35.5 Å². The second-order valence-electron chi connectivity index (χ2n) is 30.5. The summed E-state index contributed by atoms with van der Waals surface area (Å²) in [7, 11) is 0.